The Bertz CT molecular complexity index is 53.5. The van der Waals surface area contributed by atoms with Gasteiger partial charge < -0.3 is 5.11 Å². The number of unbranched alkanes of at least 4 members (excludes halogenated alkanes) is 1. The first kappa shape index (κ1) is 13.5. The molecular formula is C9H21FO. The molecule has 0 amide bonds. The van der Waals surface area contributed by atoms with Gasteiger partial charge in [-0.1, -0.05) is 33.1 Å². The summed E-state index contributed by atoms with van der Waals surface area (Å²) >= 11 is 0. The van der Waals surface area contributed by atoms with E-state index in [1.165, 1.54) is 19.3 Å². The molecule has 0 aliphatic rings. The van der Waals surface area contributed by atoms with Crippen LogP contribution in [0.2, 0.25) is 0 Å². The van der Waals surface area contributed by atoms with Gasteiger partial charge in [0.25, 0.3) is 0 Å². The van der Waals surface area contributed by atoms with Gasteiger partial charge in [-0.2, -0.15) is 0 Å². The highest BCUT2D eigenvalue weighted by Gasteiger charge is 2.01. The Labute approximate surface area is 69.6 Å². The molecule has 0 aliphatic heterocycles. The number of aliphatic hydroxyl groups excluding tert-OH is 1. The Morgan fingerprint density at radius 1 is 1.27 bits per heavy atom. The normalized spacial score (nSPS) is 11.7. The lowest BCUT2D eigenvalue weighted by Crippen LogP contribution is -2.03. The summed E-state index contributed by atoms with van der Waals surface area (Å²) < 4.78 is 9.50. The number of hydrogen-bond acceptors (Lipinski definition) is 1. The van der Waals surface area contributed by atoms with Gasteiger partial charge in [-0.15, -0.1) is 0 Å². The van der Waals surface area contributed by atoms with E-state index in [1.54, 1.807) is 0 Å². The fraction of sp³-hybridized carbons (Fsp3) is 1.00. The van der Waals surface area contributed by atoms with E-state index >= 15 is 0 Å². The van der Waals surface area contributed by atoms with Crippen molar-refractivity contribution in [2.24, 2.45) is 5.92 Å². The molecule has 11 heavy (non-hydrogen) atoms. The zero-order valence-electron chi connectivity index (χ0n) is 7.94. The third-order valence-corrected chi connectivity index (χ3v) is 1.80. The summed E-state index contributed by atoms with van der Waals surface area (Å²) in [6, 6.07) is 0. The number of alkyl halides is 1. The Hall–Kier alpha value is -0.110. The summed E-state index contributed by atoms with van der Waals surface area (Å²) in [6.45, 7) is 4.69. The molecule has 0 spiro atoms. The van der Waals surface area contributed by atoms with Crippen LogP contribution in [-0.2, 0) is 0 Å². The molecule has 0 fully saturated rings. The predicted molar refractivity (Wildman–Crippen MR) is 47.4 cm³/mol. The minimum absolute atomic E-state index is 0.372. The standard InChI is InChI=1S/C8H18O.CH3F/c1-3-5-6-8(4-2)7-9;1-2/h8-9H,3-7H2,1-2H3;1H3. The van der Waals surface area contributed by atoms with Crippen LogP contribution in [0.5, 0.6) is 0 Å². The zero-order valence-corrected chi connectivity index (χ0v) is 7.94. The predicted octanol–water partition coefficient (Wildman–Crippen LogP) is 2.78. The molecule has 1 nitrogen and oxygen atoms in total. The smallest absolute Gasteiger partial charge is 0.0785 e. The van der Waals surface area contributed by atoms with Crippen molar-refractivity contribution in [1.82, 2.24) is 0 Å². The Kier molecular flexibility index (Phi) is 15.4. The lowest BCUT2D eigenvalue weighted by atomic mass is 10.0. The lowest BCUT2D eigenvalue weighted by molar-refractivity contribution is 0.212. The van der Waals surface area contributed by atoms with Crippen molar-refractivity contribution in [3.8, 4) is 0 Å². The third kappa shape index (κ3) is 9.89. The number of hydrogen-bond donors (Lipinski definition) is 1. The van der Waals surface area contributed by atoms with E-state index in [0.717, 1.165) is 6.42 Å². The summed E-state index contributed by atoms with van der Waals surface area (Å²) in [4.78, 5) is 0. The zero-order chi connectivity index (χ0) is 9.11. The Morgan fingerprint density at radius 3 is 2.09 bits per heavy atom. The second-order valence-electron chi connectivity index (χ2n) is 2.60. The molecule has 1 atom stereocenters. The Balaban J connectivity index is 0. The van der Waals surface area contributed by atoms with Crippen LogP contribution in [0.3, 0.4) is 0 Å². The molecule has 1 N–H and O–H groups in total. The van der Waals surface area contributed by atoms with Crippen molar-refractivity contribution in [1.29, 1.82) is 0 Å². The molecule has 70 valence electrons. The van der Waals surface area contributed by atoms with Crippen molar-refractivity contribution in [3.05, 3.63) is 0 Å². The highest BCUT2D eigenvalue weighted by atomic mass is 19.1. The van der Waals surface area contributed by atoms with E-state index in [9.17, 15) is 4.39 Å². The maximum absolute atomic E-state index is 9.50. The van der Waals surface area contributed by atoms with E-state index in [1.807, 2.05) is 0 Å². The SMILES string of the molecule is CCCCC(CC)CO.CF. The molecule has 1 unspecified atom stereocenters. The van der Waals surface area contributed by atoms with Crippen LogP contribution in [0.4, 0.5) is 4.39 Å². The molecule has 0 rings (SSSR count). The van der Waals surface area contributed by atoms with Gasteiger partial charge in [0.2, 0.25) is 0 Å². The van der Waals surface area contributed by atoms with Crippen LogP contribution in [0.15, 0.2) is 0 Å². The molecule has 0 saturated carbocycles. The molecular weight excluding hydrogens is 143 g/mol. The van der Waals surface area contributed by atoms with Crippen LogP contribution in [-0.4, -0.2) is 18.9 Å². The van der Waals surface area contributed by atoms with Crippen molar-refractivity contribution >= 4 is 0 Å². The molecule has 0 saturated heterocycles. The minimum atomic E-state index is 0.372. The van der Waals surface area contributed by atoms with E-state index < -0.39 is 0 Å². The van der Waals surface area contributed by atoms with Gasteiger partial charge in [0.05, 0.1) is 7.18 Å². The van der Waals surface area contributed by atoms with Gasteiger partial charge in [-0.3, -0.25) is 4.39 Å². The van der Waals surface area contributed by atoms with Gasteiger partial charge in [0.1, 0.15) is 0 Å². The van der Waals surface area contributed by atoms with Crippen molar-refractivity contribution < 1.29 is 9.50 Å². The topological polar surface area (TPSA) is 20.2 Å². The summed E-state index contributed by atoms with van der Waals surface area (Å²) in [5.74, 6) is 0.560. The first-order chi connectivity index (χ1) is 5.35. The summed E-state index contributed by atoms with van der Waals surface area (Å²) in [5, 5.41) is 8.75. The second-order valence-corrected chi connectivity index (χ2v) is 2.60. The van der Waals surface area contributed by atoms with Gasteiger partial charge in [-0.05, 0) is 12.3 Å². The average Bonchev–Trinajstić information content (AvgIpc) is 2.10. The molecule has 0 aromatic heterocycles. The lowest BCUT2D eigenvalue weighted by Gasteiger charge is -2.08. The van der Waals surface area contributed by atoms with Gasteiger partial charge in [0.15, 0.2) is 0 Å². The van der Waals surface area contributed by atoms with Crippen LogP contribution in [0.25, 0.3) is 0 Å². The maximum Gasteiger partial charge on any atom is 0.0785 e. The Morgan fingerprint density at radius 2 is 1.82 bits per heavy atom. The fourth-order valence-electron chi connectivity index (χ4n) is 0.917. The molecule has 0 radical (unpaired) electrons. The van der Waals surface area contributed by atoms with Gasteiger partial charge in [0, 0.05) is 6.61 Å². The van der Waals surface area contributed by atoms with Crippen LogP contribution in [0, 0.1) is 5.92 Å². The number of aliphatic hydroxyl groups is 1. The van der Waals surface area contributed by atoms with Crippen molar-refractivity contribution in [2.45, 2.75) is 39.5 Å². The highest BCUT2D eigenvalue weighted by Crippen LogP contribution is 2.10. The second kappa shape index (κ2) is 12.6. The minimum Gasteiger partial charge on any atom is -0.396 e. The summed E-state index contributed by atoms with van der Waals surface area (Å²) in [7, 11) is 0.500. The monoisotopic (exact) mass is 164 g/mol. The first-order valence-electron chi connectivity index (χ1n) is 4.33. The largest absolute Gasteiger partial charge is 0.396 e. The molecule has 0 aromatic rings. The fourth-order valence-corrected chi connectivity index (χ4v) is 0.917. The third-order valence-electron chi connectivity index (χ3n) is 1.80. The average molecular weight is 164 g/mol. The van der Waals surface area contributed by atoms with Crippen LogP contribution in [0.1, 0.15) is 39.5 Å². The van der Waals surface area contributed by atoms with Crippen LogP contribution >= 0.6 is 0 Å². The quantitative estimate of drug-likeness (QED) is 0.662. The van der Waals surface area contributed by atoms with Crippen molar-refractivity contribution in [3.63, 3.8) is 0 Å². The van der Waals surface area contributed by atoms with Crippen LogP contribution < -0.4 is 0 Å². The van der Waals surface area contributed by atoms with E-state index in [0.29, 0.717) is 19.7 Å². The summed E-state index contributed by atoms with van der Waals surface area (Å²) in [6.07, 6.45) is 4.83. The number of halogens is 1. The van der Waals surface area contributed by atoms with E-state index in [-0.39, 0.29) is 0 Å². The maximum atomic E-state index is 9.50. The highest BCUT2D eigenvalue weighted by molar-refractivity contribution is 4.53. The summed E-state index contributed by atoms with van der Waals surface area (Å²) in [5.41, 5.74) is 0. The number of rotatable bonds is 5. The van der Waals surface area contributed by atoms with Crippen molar-refractivity contribution in [2.75, 3.05) is 13.8 Å². The van der Waals surface area contributed by atoms with E-state index in [2.05, 4.69) is 13.8 Å². The molecule has 0 aromatic carbocycles. The van der Waals surface area contributed by atoms with Gasteiger partial charge in [-0.25, -0.2) is 0 Å². The molecule has 0 bridgehead atoms. The molecule has 0 aliphatic carbocycles. The van der Waals surface area contributed by atoms with Gasteiger partial charge >= 0.3 is 0 Å². The molecule has 2 heteroatoms. The first-order valence-corrected chi connectivity index (χ1v) is 4.33. The molecule has 0 heterocycles. The van der Waals surface area contributed by atoms with E-state index in [4.69, 9.17) is 5.11 Å².